The van der Waals surface area contributed by atoms with Crippen LogP contribution in [-0.2, 0) is 21.2 Å². The normalized spacial score (nSPS) is 17.3. The van der Waals surface area contributed by atoms with E-state index in [4.69, 9.17) is 11.6 Å². The summed E-state index contributed by atoms with van der Waals surface area (Å²) in [5.41, 5.74) is 1.76. The molecule has 2 aromatic rings. The monoisotopic (exact) mass is 450 g/mol. The Hall–Kier alpha value is -1.54. The van der Waals surface area contributed by atoms with Crippen molar-refractivity contribution in [2.24, 2.45) is 0 Å². The molecule has 2 aliphatic rings. The molecule has 5 nitrogen and oxygen atoms in total. The lowest BCUT2D eigenvalue weighted by Gasteiger charge is -2.30. The minimum absolute atomic E-state index is 0.0195. The molecule has 4 rings (SSSR count). The number of hydrogen-bond donors (Lipinski definition) is 0. The van der Waals surface area contributed by atoms with E-state index in [0.717, 1.165) is 41.8 Å². The maximum absolute atomic E-state index is 12.9. The highest BCUT2D eigenvalue weighted by molar-refractivity contribution is 8.00. The van der Waals surface area contributed by atoms with Gasteiger partial charge in [-0.2, -0.15) is 4.31 Å². The zero-order chi connectivity index (χ0) is 20.4. The molecule has 29 heavy (non-hydrogen) atoms. The Morgan fingerprint density at radius 3 is 2.59 bits per heavy atom. The molecule has 0 spiro atoms. The van der Waals surface area contributed by atoms with Crippen LogP contribution in [0.3, 0.4) is 0 Å². The van der Waals surface area contributed by atoms with Crippen LogP contribution in [0.25, 0.3) is 0 Å². The summed E-state index contributed by atoms with van der Waals surface area (Å²) >= 11 is 7.47. The third-order valence-electron chi connectivity index (χ3n) is 5.33. The van der Waals surface area contributed by atoms with Gasteiger partial charge in [-0.05, 0) is 67.6 Å². The summed E-state index contributed by atoms with van der Waals surface area (Å²) in [6.45, 7) is 1.83. The smallest absolute Gasteiger partial charge is 0.243 e. The van der Waals surface area contributed by atoms with Gasteiger partial charge in [0.2, 0.25) is 15.9 Å². The van der Waals surface area contributed by atoms with Gasteiger partial charge in [-0.25, -0.2) is 8.42 Å². The quantitative estimate of drug-likeness (QED) is 0.640. The molecule has 1 amide bonds. The van der Waals surface area contributed by atoms with Gasteiger partial charge in [-0.1, -0.05) is 17.7 Å². The minimum atomic E-state index is -3.45. The topological polar surface area (TPSA) is 57.7 Å². The Morgan fingerprint density at radius 1 is 1.03 bits per heavy atom. The summed E-state index contributed by atoms with van der Waals surface area (Å²) in [7, 11) is -3.45. The van der Waals surface area contributed by atoms with Crippen LogP contribution in [-0.4, -0.2) is 44.0 Å². The first-order valence-electron chi connectivity index (χ1n) is 9.77. The molecule has 0 saturated carbocycles. The van der Waals surface area contributed by atoms with E-state index >= 15 is 0 Å². The molecule has 0 unspecified atom stereocenters. The first-order valence-corrected chi connectivity index (χ1v) is 12.6. The Morgan fingerprint density at radius 2 is 1.83 bits per heavy atom. The average molecular weight is 451 g/mol. The first kappa shape index (κ1) is 20.7. The summed E-state index contributed by atoms with van der Waals surface area (Å²) in [4.78, 5) is 15.9. The van der Waals surface area contributed by atoms with Crippen LogP contribution >= 0.6 is 23.4 Å². The Bertz CT molecular complexity index is 1020. The molecule has 2 heterocycles. The molecule has 154 valence electrons. The number of carbonyl (C=O) groups is 1. The third kappa shape index (κ3) is 4.48. The second-order valence-corrected chi connectivity index (χ2v) is 10.7. The second kappa shape index (κ2) is 8.68. The highest BCUT2D eigenvalue weighted by Crippen LogP contribution is 2.32. The summed E-state index contributed by atoms with van der Waals surface area (Å²) in [5, 5.41) is 0.650. The van der Waals surface area contributed by atoms with E-state index < -0.39 is 10.0 Å². The van der Waals surface area contributed by atoms with Crippen LogP contribution in [0, 0.1) is 0 Å². The minimum Gasteiger partial charge on any atom is -0.311 e. The fraction of sp³-hybridized carbons (Fsp3) is 0.381. The molecular formula is C21H23ClN2O3S2. The van der Waals surface area contributed by atoms with Crippen LogP contribution in [0.4, 0.5) is 5.69 Å². The molecule has 0 atom stereocenters. The van der Waals surface area contributed by atoms with Crippen LogP contribution < -0.4 is 4.90 Å². The standard InChI is InChI=1S/C21H23ClN2O3S2/c22-17-6-3-7-18(14-17)28-15-21(25)24-12-4-5-16-13-19(8-9-20(16)24)29(26,27)23-10-1-2-11-23/h3,6-9,13-14H,1-2,4-5,10-12,15H2. The van der Waals surface area contributed by atoms with Crippen molar-refractivity contribution < 1.29 is 13.2 Å². The number of amides is 1. The highest BCUT2D eigenvalue weighted by atomic mass is 35.5. The zero-order valence-electron chi connectivity index (χ0n) is 16.0. The number of nitrogens with zero attached hydrogens (tertiary/aromatic N) is 2. The fourth-order valence-corrected chi connectivity index (χ4v) is 6.50. The molecule has 0 bridgehead atoms. The maximum Gasteiger partial charge on any atom is 0.243 e. The van der Waals surface area contributed by atoms with Gasteiger partial charge in [0, 0.05) is 35.2 Å². The van der Waals surface area contributed by atoms with Crippen molar-refractivity contribution in [3.8, 4) is 0 Å². The van der Waals surface area contributed by atoms with Crippen LogP contribution in [0.2, 0.25) is 5.02 Å². The lowest BCUT2D eigenvalue weighted by molar-refractivity contribution is -0.116. The molecule has 0 N–H and O–H groups in total. The van der Waals surface area contributed by atoms with Gasteiger partial charge in [0.15, 0.2) is 0 Å². The van der Waals surface area contributed by atoms with Crippen LogP contribution in [0.5, 0.6) is 0 Å². The molecule has 1 fully saturated rings. The van der Waals surface area contributed by atoms with Gasteiger partial charge in [-0.3, -0.25) is 4.79 Å². The molecule has 8 heteroatoms. The van der Waals surface area contributed by atoms with E-state index in [-0.39, 0.29) is 5.91 Å². The number of halogens is 1. The van der Waals surface area contributed by atoms with E-state index in [1.54, 1.807) is 27.4 Å². The molecule has 0 aliphatic carbocycles. The van der Waals surface area contributed by atoms with Crippen LogP contribution in [0.15, 0.2) is 52.3 Å². The van der Waals surface area contributed by atoms with E-state index in [1.165, 1.54) is 11.8 Å². The van der Waals surface area contributed by atoms with Crippen molar-refractivity contribution in [3.63, 3.8) is 0 Å². The SMILES string of the molecule is O=C(CSc1cccc(Cl)c1)N1CCCc2cc(S(=O)(=O)N3CCCC3)ccc21. The number of carbonyl (C=O) groups excluding carboxylic acids is 1. The largest absolute Gasteiger partial charge is 0.311 e. The molecule has 2 aromatic carbocycles. The molecule has 0 aromatic heterocycles. The van der Waals surface area contributed by atoms with E-state index in [0.29, 0.717) is 35.3 Å². The Balaban J connectivity index is 1.51. The van der Waals surface area contributed by atoms with E-state index in [1.807, 2.05) is 24.3 Å². The van der Waals surface area contributed by atoms with Gasteiger partial charge in [0.25, 0.3) is 0 Å². The number of thioether (sulfide) groups is 1. The second-order valence-electron chi connectivity index (χ2n) is 7.30. The number of benzene rings is 2. The predicted octanol–water partition coefficient (Wildman–Crippen LogP) is 4.20. The summed E-state index contributed by atoms with van der Waals surface area (Å²) in [6, 6.07) is 12.6. The van der Waals surface area contributed by atoms with Gasteiger partial charge < -0.3 is 4.90 Å². The van der Waals surface area contributed by atoms with Gasteiger partial charge in [-0.15, -0.1) is 11.8 Å². The number of aryl methyl sites for hydroxylation is 1. The Labute approximate surface area is 181 Å². The van der Waals surface area contributed by atoms with E-state index in [2.05, 4.69) is 0 Å². The zero-order valence-corrected chi connectivity index (χ0v) is 18.4. The predicted molar refractivity (Wildman–Crippen MR) is 117 cm³/mol. The lowest BCUT2D eigenvalue weighted by Crippen LogP contribution is -2.37. The van der Waals surface area contributed by atoms with E-state index in [9.17, 15) is 13.2 Å². The van der Waals surface area contributed by atoms with Gasteiger partial charge in [0.1, 0.15) is 0 Å². The first-order chi connectivity index (χ1) is 13.9. The van der Waals surface area contributed by atoms with Crippen molar-refractivity contribution >= 4 is 45.0 Å². The number of fused-ring (bicyclic) bond motifs is 1. The molecule has 1 saturated heterocycles. The lowest BCUT2D eigenvalue weighted by atomic mass is 10.0. The number of anilines is 1. The average Bonchev–Trinajstić information content (AvgIpc) is 3.27. The third-order valence-corrected chi connectivity index (χ3v) is 8.44. The summed E-state index contributed by atoms with van der Waals surface area (Å²) < 4.78 is 27.3. The van der Waals surface area contributed by atoms with Crippen molar-refractivity contribution in [2.45, 2.75) is 35.5 Å². The highest BCUT2D eigenvalue weighted by Gasteiger charge is 2.29. The number of rotatable bonds is 5. The number of hydrogen-bond acceptors (Lipinski definition) is 4. The molecular weight excluding hydrogens is 428 g/mol. The summed E-state index contributed by atoms with van der Waals surface area (Å²) in [5.74, 6) is 0.333. The maximum atomic E-state index is 12.9. The van der Waals surface area contributed by atoms with Gasteiger partial charge in [0.05, 0.1) is 10.6 Å². The Kier molecular flexibility index (Phi) is 6.20. The van der Waals surface area contributed by atoms with Crippen molar-refractivity contribution in [3.05, 3.63) is 53.1 Å². The van der Waals surface area contributed by atoms with Crippen molar-refractivity contribution in [2.75, 3.05) is 30.3 Å². The number of sulfonamides is 1. The van der Waals surface area contributed by atoms with Gasteiger partial charge >= 0.3 is 0 Å². The molecule has 0 radical (unpaired) electrons. The summed E-state index contributed by atoms with van der Waals surface area (Å²) in [6.07, 6.45) is 3.44. The van der Waals surface area contributed by atoms with Crippen molar-refractivity contribution in [1.29, 1.82) is 0 Å². The molecule has 2 aliphatic heterocycles. The van der Waals surface area contributed by atoms with Crippen molar-refractivity contribution in [1.82, 2.24) is 4.31 Å². The fourth-order valence-electron chi connectivity index (χ4n) is 3.85. The van der Waals surface area contributed by atoms with Crippen LogP contribution in [0.1, 0.15) is 24.8 Å².